The maximum atomic E-state index is 11.5. The quantitative estimate of drug-likeness (QED) is 0.718. The van der Waals surface area contributed by atoms with Crippen molar-refractivity contribution in [3.8, 4) is 0 Å². The van der Waals surface area contributed by atoms with Crippen molar-refractivity contribution in [1.82, 2.24) is 10.3 Å². The molecule has 1 amide bonds. The second-order valence-corrected chi connectivity index (χ2v) is 3.31. The van der Waals surface area contributed by atoms with Crippen LogP contribution >= 0.6 is 0 Å². The van der Waals surface area contributed by atoms with Crippen molar-refractivity contribution >= 4 is 11.7 Å². The van der Waals surface area contributed by atoms with Gasteiger partial charge in [0.1, 0.15) is 11.9 Å². The van der Waals surface area contributed by atoms with Gasteiger partial charge in [0.25, 0.3) is 0 Å². The largest absolute Gasteiger partial charge is 0.358 e. The van der Waals surface area contributed by atoms with Gasteiger partial charge in [-0.05, 0) is 18.6 Å². The highest BCUT2D eigenvalue weighted by atomic mass is 16.2. The molecular formula is C10H13N3O. The smallest absolute Gasteiger partial charge is 0.242 e. The zero-order valence-corrected chi connectivity index (χ0v) is 8.08. The van der Waals surface area contributed by atoms with Gasteiger partial charge in [0, 0.05) is 19.2 Å². The number of carbonyl (C=O) groups excluding carboxylic acids is 1. The third-order valence-corrected chi connectivity index (χ3v) is 2.29. The Morgan fingerprint density at radius 1 is 1.79 bits per heavy atom. The Labute approximate surface area is 82.7 Å². The summed E-state index contributed by atoms with van der Waals surface area (Å²) in [5.41, 5.74) is 1.11. The van der Waals surface area contributed by atoms with Crippen LogP contribution in [0.3, 0.4) is 0 Å². The van der Waals surface area contributed by atoms with Gasteiger partial charge >= 0.3 is 0 Å². The molecule has 0 spiro atoms. The minimum atomic E-state index is -0.153. The van der Waals surface area contributed by atoms with Crippen LogP contribution in [0.5, 0.6) is 0 Å². The fraction of sp³-hybridized carbons (Fsp3) is 0.400. The molecule has 1 aliphatic rings. The van der Waals surface area contributed by atoms with Crippen LogP contribution in [0, 0.1) is 0 Å². The highest BCUT2D eigenvalue weighted by Gasteiger charge is 2.26. The molecule has 0 aliphatic carbocycles. The molecule has 4 nitrogen and oxygen atoms in total. The van der Waals surface area contributed by atoms with Crippen molar-refractivity contribution in [2.45, 2.75) is 19.4 Å². The maximum Gasteiger partial charge on any atom is 0.242 e. The first-order valence-electron chi connectivity index (χ1n) is 4.79. The standard InChI is InChI=1S/C10H13N3O/c1-2-11-10(14)8-6-7-4-3-5-12-9(7)13-8/h3-5,8H,2,6H2,1H3,(H,11,14)(H,12,13)/t8-/m1/s1. The molecule has 0 unspecified atom stereocenters. The van der Waals surface area contributed by atoms with Crippen LogP contribution < -0.4 is 10.6 Å². The number of aromatic nitrogens is 1. The molecule has 0 saturated heterocycles. The predicted octanol–water partition coefficient (Wildman–Crippen LogP) is 0.554. The van der Waals surface area contributed by atoms with E-state index in [0.29, 0.717) is 6.54 Å². The minimum absolute atomic E-state index is 0.0468. The lowest BCUT2D eigenvalue weighted by Gasteiger charge is -2.09. The summed E-state index contributed by atoms with van der Waals surface area (Å²) in [6, 6.07) is 3.73. The summed E-state index contributed by atoms with van der Waals surface area (Å²) in [7, 11) is 0. The Morgan fingerprint density at radius 2 is 2.64 bits per heavy atom. The number of hydrogen-bond acceptors (Lipinski definition) is 3. The molecule has 0 saturated carbocycles. The summed E-state index contributed by atoms with van der Waals surface area (Å²) in [4.78, 5) is 15.7. The fourth-order valence-electron chi connectivity index (χ4n) is 1.62. The van der Waals surface area contributed by atoms with Crippen molar-refractivity contribution in [3.63, 3.8) is 0 Å². The van der Waals surface area contributed by atoms with E-state index in [-0.39, 0.29) is 11.9 Å². The summed E-state index contributed by atoms with van der Waals surface area (Å²) in [5.74, 6) is 0.884. The van der Waals surface area contributed by atoms with E-state index in [1.165, 1.54) is 0 Å². The monoisotopic (exact) mass is 191 g/mol. The third kappa shape index (κ3) is 1.55. The minimum Gasteiger partial charge on any atom is -0.358 e. The molecule has 0 radical (unpaired) electrons. The van der Waals surface area contributed by atoms with E-state index in [2.05, 4.69) is 15.6 Å². The van der Waals surface area contributed by atoms with E-state index >= 15 is 0 Å². The first-order chi connectivity index (χ1) is 6.81. The number of pyridine rings is 1. The highest BCUT2D eigenvalue weighted by Crippen LogP contribution is 2.22. The maximum absolute atomic E-state index is 11.5. The van der Waals surface area contributed by atoms with Crippen molar-refractivity contribution in [2.24, 2.45) is 0 Å². The molecule has 1 atom stereocenters. The molecule has 0 bridgehead atoms. The third-order valence-electron chi connectivity index (χ3n) is 2.29. The van der Waals surface area contributed by atoms with Crippen molar-refractivity contribution in [1.29, 1.82) is 0 Å². The van der Waals surface area contributed by atoms with Crippen LogP contribution in [-0.2, 0) is 11.2 Å². The normalized spacial score (nSPS) is 18.5. The van der Waals surface area contributed by atoms with Gasteiger partial charge in [0.2, 0.25) is 5.91 Å². The average Bonchev–Trinajstić information content (AvgIpc) is 2.61. The van der Waals surface area contributed by atoms with Gasteiger partial charge in [-0.1, -0.05) is 6.07 Å². The van der Waals surface area contributed by atoms with E-state index in [0.717, 1.165) is 17.8 Å². The number of nitrogens with one attached hydrogen (secondary N) is 2. The Balaban J connectivity index is 2.08. The number of amides is 1. The van der Waals surface area contributed by atoms with Crippen molar-refractivity contribution < 1.29 is 4.79 Å². The van der Waals surface area contributed by atoms with E-state index in [1.54, 1.807) is 6.20 Å². The van der Waals surface area contributed by atoms with Gasteiger partial charge in [0.05, 0.1) is 0 Å². The molecule has 4 heteroatoms. The zero-order valence-electron chi connectivity index (χ0n) is 8.08. The van der Waals surface area contributed by atoms with Crippen molar-refractivity contribution in [3.05, 3.63) is 23.9 Å². The van der Waals surface area contributed by atoms with E-state index in [1.807, 2.05) is 19.1 Å². The molecule has 14 heavy (non-hydrogen) atoms. The second-order valence-electron chi connectivity index (χ2n) is 3.31. The predicted molar refractivity (Wildman–Crippen MR) is 54.0 cm³/mol. The lowest BCUT2D eigenvalue weighted by Crippen LogP contribution is -2.38. The molecule has 2 N–H and O–H groups in total. The number of anilines is 1. The topological polar surface area (TPSA) is 54.0 Å². The number of fused-ring (bicyclic) bond motifs is 1. The van der Waals surface area contributed by atoms with Crippen LogP contribution in [0.4, 0.5) is 5.82 Å². The lowest BCUT2D eigenvalue weighted by molar-refractivity contribution is -0.121. The molecule has 2 heterocycles. The molecule has 2 rings (SSSR count). The number of likely N-dealkylation sites (N-methyl/N-ethyl adjacent to an activating group) is 1. The summed E-state index contributed by atoms with van der Waals surface area (Å²) in [6.45, 7) is 2.58. The van der Waals surface area contributed by atoms with Crippen molar-refractivity contribution in [2.75, 3.05) is 11.9 Å². The number of rotatable bonds is 2. The fourth-order valence-corrected chi connectivity index (χ4v) is 1.62. The van der Waals surface area contributed by atoms with Crippen LogP contribution in [0.25, 0.3) is 0 Å². The van der Waals surface area contributed by atoms with E-state index in [9.17, 15) is 4.79 Å². The van der Waals surface area contributed by atoms with E-state index < -0.39 is 0 Å². The molecular weight excluding hydrogens is 178 g/mol. The second kappa shape index (κ2) is 3.65. The molecule has 74 valence electrons. The summed E-state index contributed by atoms with van der Waals surface area (Å²) in [6.07, 6.45) is 2.46. The Bertz CT molecular complexity index is 326. The van der Waals surface area contributed by atoms with Crippen LogP contribution in [0.15, 0.2) is 18.3 Å². The van der Waals surface area contributed by atoms with Gasteiger partial charge in [-0.25, -0.2) is 4.98 Å². The Morgan fingerprint density at radius 3 is 3.36 bits per heavy atom. The molecule has 0 fully saturated rings. The summed E-state index contributed by atoms with van der Waals surface area (Å²) < 4.78 is 0. The number of hydrogen-bond donors (Lipinski definition) is 2. The number of nitrogens with zero attached hydrogens (tertiary/aromatic N) is 1. The average molecular weight is 191 g/mol. The van der Waals surface area contributed by atoms with Crippen LogP contribution in [-0.4, -0.2) is 23.5 Å². The number of carbonyl (C=O) groups is 1. The van der Waals surface area contributed by atoms with Gasteiger partial charge in [-0.15, -0.1) is 0 Å². The molecule has 0 aromatic carbocycles. The van der Waals surface area contributed by atoms with E-state index in [4.69, 9.17) is 0 Å². The lowest BCUT2D eigenvalue weighted by atomic mass is 10.1. The first kappa shape index (κ1) is 8.99. The van der Waals surface area contributed by atoms with Crippen LogP contribution in [0.1, 0.15) is 12.5 Å². The molecule has 1 aromatic rings. The van der Waals surface area contributed by atoms with Gasteiger partial charge in [0.15, 0.2) is 0 Å². The van der Waals surface area contributed by atoms with Gasteiger partial charge < -0.3 is 10.6 Å². The van der Waals surface area contributed by atoms with Crippen LogP contribution in [0.2, 0.25) is 0 Å². The van der Waals surface area contributed by atoms with Gasteiger partial charge in [-0.3, -0.25) is 4.79 Å². The SMILES string of the molecule is CCNC(=O)[C@H]1Cc2cccnc2N1. The highest BCUT2D eigenvalue weighted by molar-refractivity contribution is 5.86. The summed E-state index contributed by atoms with van der Waals surface area (Å²) in [5, 5.41) is 5.89. The zero-order chi connectivity index (χ0) is 9.97. The summed E-state index contributed by atoms with van der Waals surface area (Å²) >= 11 is 0. The first-order valence-corrected chi connectivity index (χ1v) is 4.79. The molecule has 1 aliphatic heterocycles. The Hall–Kier alpha value is -1.58. The molecule has 1 aromatic heterocycles. The van der Waals surface area contributed by atoms with Gasteiger partial charge in [-0.2, -0.15) is 0 Å². The Kier molecular flexibility index (Phi) is 2.35.